The fourth-order valence-corrected chi connectivity index (χ4v) is 6.00. The van der Waals surface area contributed by atoms with E-state index in [0.717, 1.165) is 16.5 Å². The number of thiazole rings is 1. The van der Waals surface area contributed by atoms with Gasteiger partial charge in [-0.2, -0.15) is 0 Å². The van der Waals surface area contributed by atoms with Crippen LogP contribution >= 0.6 is 11.3 Å². The molecule has 0 saturated heterocycles. The van der Waals surface area contributed by atoms with Crippen LogP contribution in [0.2, 0.25) is 0 Å². The molecule has 1 aliphatic heterocycles. The van der Waals surface area contributed by atoms with Gasteiger partial charge in [-0.15, -0.1) is 0 Å². The van der Waals surface area contributed by atoms with Crippen LogP contribution in [-0.2, 0) is 16.6 Å². The quantitative estimate of drug-likeness (QED) is 0.227. The summed E-state index contributed by atoms with van der Waals surface area (Å²) >= 11 is 1.30. The van der Waals surface area contributed by atoms with Crippen LogP contribution in [0, 0.1) is 0 Å². The molecule has 0 N–H and O–H groups in total. The number of benzene rings is 2. The van der Waals surface area contributed by atoms with E-state index in [2.05, 4.69) is 11.6 Å². The molecular weight excluding hydrogens is 526 g/mol. The smallest absolute Gasteiger partial charge is 0.338 e. The maximum Gasteiger partial charge on any atom is 0.338 e. The molecule has 1 unspecified atom stereocenters. The Morgan fingerprint density at radius 1 is 1.12 bits per heavy atom. The van der Waals surface area contributed by atoms with Gasteiger partial charge in [-0.1, -0.05) is 48.3 Å². The number of aromatic nitrogens is 2. The van der Waals surface area contributed by atoms with Crippen LogP contribution in [0.25, 0.3) is 17.0 Å². The number of nitrogens with zero attached hydrogens (tertiary/aromatic N) is 3. The minimum atomic E-state index is -0.752. The maximum atomic E-state index is 14.0. The van der Waals surface area contributed by atoms with Crippen molar-refractivity contribution in [2.45, 2.75) is 26.8 Å². The third-order valence-electron chi connectivity index (χ3n) is 6.67. The lowest BCUT2D eigenvalue weighted by molar-refractivity contribution is -0.139. The van der Waals surface area contributed by atoms with Gasteiger partial charge in [-0.3, -0.25) is 9.36 Å². The molecule has 0 bridgehead atoms. The Labute approximate surface area is 235 Å². The van der Waals surface area contributed by atoms with Crippen LogP contribution in [0.5, 0.6) is 11.5 Å². The molecule has 9 heteroatoms. The van der Waals surface area contributed by atoms with Gasteiger partial charge >= 0.3 is 5.97 Å². The standard InChI is InChI=1S/C31H31N3O5S/c1-6-15-39-24-14-13-20(16-25(24)37-7-2)28-27(30(36)38-8-3)19(4)32-31-34(28)29(35)26(40-31)17-21-18-33(5)23-12-10-9-11-22(21)23/h6,9-14,16-18,28H,1,7-8,15H2,2-5H3. The Balaban J connectivity index is 1.72. The molecule has 2 aromatic carbocycles. The number of para-hydroxylation sites is 1. The lowest BCUT2D eigenvalue weighted by Crippen LogP contribution is -2.40. The number of aryl methyl sites for hydroxylation is 1. The summed E-state index contributed by atoms with van der Waals surface area (Å²) in [4.78, 5) is 32.5. The third kappa shape index (κ3) is 4.88. The van der Waals surface area contributed by atoms with Crippen molar-refractivity contribution < 1.29 is 19.0 Å². The van der Waals surface area contributed by atoms with Gasteiger partial charge in [-0.05, 0) is 50.6 Å². The lowest BCUT2D eigenvalue weighted by Gasteiger charge is -2.25. The summed E-state index contributed by atoms with van der Waals surface area (Å²) in [5, 5.41) is 1.05. The van der Waals surface area contributed by atoms with Crippen molar-refractivity contribution in [3.63, 3.8) is 0 Å². The number of hydrogen-bond acceptors (Lipinski definition) is 7. The van der Waals surface area contributed by atoms with E-state index in [9.17, 15) is 9.59 Å². The first kappa shape index (κ1) is 27.2. The fourth-order valence-electron chi connectivity index (χ4n) is 4.97. The molecule has 4 aromatic rings. The normalized spacial score (nSPS) is 15.1. The van der Waals surface area contributed by atoms with Gasteiger partial charge in [0, 0.05) is 29.7 Å². The highest BCUT2D eigenvalue weighted by Gasteiger charge is 2.34. The van der Waals surface area contributed by atoms with Crippen molar-refractivity contribution in [2.24, 2.45) is 12.0 Å². The van der Waals surface area contributed by atoms with Crippen LogP contribution < -0.4 is 24.4 Å². The largest absolute Gasteiger partial charge is 0.490 e. The number of fused-ring (bicyclic) bond motifs is 2. The molecule has 0 amide bonds. The molecule has 0 aliphatic carbocycles. The molecule has 1 atom stereocenters. The van der Waals surface area contributed by atoms with Gasteiger partial charge in [-0.25, -0.2) is 9.79 Å². The molecule has 206 valence electrons. The second kappa shape index (κ2) is 11.4. The maximum absolute atomic E-state index is 14.0. The van der Waals surface area contributed by atoms with E-state index in [-0.39, 0.29) is 12.2 Å². The van der Waals surface area contributed by atoms with Crippen LogP contribution in [0.15, 0.2) is 82.4 Å². The second-order valence-electron chi connectivity index (χ2n) is 9.25. The monoisotopic (exact) mass is 557 g/mol. The number of ether oxygens (including phenoxy) is 3. The summed E-state index contributed by atoms with van der Waals surface area (Å²) in [5.41, 5.74) is 3.27. The van der Waals surface area contributed by atoms with Crippen LogP contribution in [0.3, 0.4) is 0 Å². The Morgan fingerprint density at radius 2 is 1.93 bits per heavy atom. The van der Waals surface area contributed by atoms with Gasteiger partial charge < -0.3 is 18.8 Å². The lowest BCUT2D eigenvalue weighted by atomic mass is 9.95. The van der Waals surface area contributed by atoms with Gasteiger partial charge in [0.15, 0.2) is 16.3 Å². The van der Waals surface area contributed by atoms with Crippen molar-refractivity contribution in [3.05, 3.63) is 103 Å². The van der Waals surface area contributed by atoms with E-state index >= 15 is 0 Å². The van der Waals surface area contributed by atoms with Gasteiger partial charge in [0.05, 0.1) is 35.1 Å². The van der Waals surface area contributed by atoms with Crippen molar-refractivity contribution in [1.82, 2.24) is 9.13 Å². The molecule has 8 nitrogen and oxygen atoms in total. The highest BCUT2D eigenvalue weighted by atomic mass is 32.1. The summed E-state index contributed by atoms with van der Waals surface area (Å²) < 4.78 is 21.2. The predicted molar refractivity (Wildman–Crippen MR) is 157 cm³/mol. The Bertz CT molecular complexity index is 1830. The first-order valence-electron chi connectivity index (χ1n) is 13.1. The van der Waals surface area contributed by atoms with E-state index < -0.39 is 12.0 Å². The topological polar surface area (TPSA) is 84.0 Å². The number of allylic oxidation sites excluding steroid dienone is 1. The fraction of sp³-hybridized carbons (Fsp3) is 0.258. The molecular formula is C31H31N3O5S. The molecule has 0 fully saturated rings. The number of carbonyl (C=O) groups is 1. The number of hydrogen-bond donors (Lipinski definition) is 0. The minimum Gasteiger partial charge on any atom is -0.490 e. The molecule has 5 rings (SSSR count). The zero-order valence-electron chi connectivity index (χ0n) is 23.0. The molecule has 0 spiro atoms. The zero-order valence-corrected chi connectivity index (χ0v) is 23.8. The molecule has 0 saturated carbocycles. The summed E-state index contributed by atoms with van der Waals surface area (Å²) in [6.07, 6.45) is 5.55. The summed E-state index contributed by atoms with van der Waals surface area (Å²) in [6, 6.07) is 12.7. The van der Waals surface area contributed by atoms with E-state index in [0.29, 0.717) is 50.9 Å². The average molecular weight is 558 g/mol. The molecule has 1 aliphatic rings. The van der Waals surface area contributed by atoms with Crippen molar-refractivity contribution in [2.75, 3.05) is 19.8 Å². The van der Waals surface area contributed by atoms with Crippen LogP contribution in [0.4, 0.5) is 0 Å². The number of carbonyl (C=O) groups excluding carboxylic acids is 1. The summed E-state index contributed by atoms with van der Waals surface area (Å²) in [6.45, 7) is 10.0. The Hall–Kier alpha value is -4.37. The Morgan fingerprint density at radius 3 is 2.67 bits per heavy atom. The van der Waals surface area contributed by atoms with Crippen molar-refractivity contribution in [1.29, 1.82) is 0 Å². The Kier molecular flexibility index (Phi) is 7.75. The minimum absolute atomic E-state index is 0.201. The SMILES string of the molecule is C=CCOc1ccc(C2C(C(=O)OCC)=C(C)N=c3sc(=Cc4cn(C)c5ccccc45)c(=O)n32)cc1OCC. The van der Waals surface area contributed by atoms with Gasteiger partial charge in [0.1, 0.15) is 6.61 Å². The second-order valence-corrected chi connectivity index (χ2v) is 10.3. The van der Waals surface area contributed by atoms with E-state index in [1.807, 2.05) is 67.2 Å². The van der Waals surface area contributed by atoms with Crippen LogP contribution in [0.1, 0.15) is 37.9 Å². The number of rotatable bonds is 9. The molecule has 2 aromatic heterocycles. The zero-order chi connectivity index (χ0) is 28.4. The van der Waals surface area contributed by atoms with E-state index in [1.54, 1.807) is 30.6 Å². The summed E-state index contributed by atoms with van der Waals surface area (Å²) in [7, 11) is 1.98. The van der Waals surface area contributed by atoms with E-state index in [1.165, 1.54) is 11.3 Å². The number of esters is 1. The van der Waals surface area contributed by atoms with Crippen molar-refractivity contribution >= 4 is 34.3 Å². The highest BCUT2D eigenvalue weighted by Crippen LogP contribution is 2.36. The molecule has 0 radical (unpaired) electrons. The highest BCUT2D eigenvalue weighted by molar-refractivity contribution is 7.07. The third-order valence-corrected chi connectivity index (χ3v) is 7.65. The van der Waals surface area contributed by atoms with Crippen LogP contribution in [-0.4, -0.2) is 34.9 Å². The average Bonchev–Trinajstić information content (AvgIpc) is 3.42. The molecule has 3 heterocycles. The van der Waals surface area contributed by atoms with Gasteiger partial charge in [0.2, 0.25) is 0 Å². The van der Waals surface area contributed by atoms with Gasteiger partial charge in [0.25, 0.3) is 5.56 Å². The molecule has 40 heavy (non-hydrogen) atoms. The first-order valence-corrected chi connectivity index (χ1v) is 13.9. The van der Waals surface area contributed by atoms with E-state index in [4.69, 9.17) is 14.2 Å². The summed E-state index contributed by atoms with van der Waals surface area (Å²) in [5.74, 6) is 0.548. The first-order chi connectivity index (χ1) is 19.4. The van der Waals surface area contributed by atoms with Crippen molar-refractivity contribution in [3.8, 4) is 11.5 Å². The predicted octanol–water partition coefficient (Wildman–Crippen LogP) is 4.25.